The van der Waals surface area contributed by atoms with E-state index in [1.807, 2.05) is 7.05 Å². The van der Waals surface area contributed by atoms with E-state index in [0.29, 0.717) is 26.2 Å². The van der Waals surface area contributed by atoms with Gasteiger partial charge in [0.15, 0.2) is 0 Å². The number of sulfonamides is 1. The van der Waals surface area contributed by atoms with Crippen molar-refractivity contribution >= 4 is 21.6 Å². The molecule has 1 aliphatic rings. The van der Waals surface area contributed by atoms with Gasteiger partial charge in [-0.3, -0.25) is 4.79 Å². The summed E-state index contributed by atoms with van der Waals surface area (Å²) in [5.41, 5.74) is 0.331. The Hall–Kier alpha value is -2.29. The van der Waals surface area contributed by atoms with Crippen molar-refractivity contribution in [1.29, 1.82) is 0 Å². The van der Waals surface area contributed by atoms with Crippen molar-refractivity contribution < 1.29 is 17.6 Å². The number of anilines is 1. The van der Waals surface area contributed by atoms with E-state index in [0.717, 1.165) is 0 Å². The van der Waals surface area contributed by atoms with Crippen LogP contribution >= 0.6 is 0 Å². The van der Waals surface area contributed by atoms with E-state index in [1.54, 1.807) is 6.07 Å². The third-order valence-electron chi connectivity index (χ3n) is 4.34. The summed E-state index contributed by atoms with van der Waals surface area (Å²) in [6.45, 7) is 2.24. The van der Waals surface area contributed by atoms with Gasteiger partial charge in [0.1, 0.15) is 5.82 Å². The quantitative estimate of drug-likeness (QED) is 0.885. The van der Waals surface area contributed by atoms with Gasteiger partial charge in [0.25, 0.3) is 5.91 Å². The number of carbonyl (C=O) groups is 1. The predicted octanol–water partition coefficient (Wildman–Crippen LogP) is 2.01. The maximum Gasteiger partial charge on any atom is 0.255 e. The van der Waals surface area contributed by atoms with Gasteiger partial charge in [-0.15, -0.1) is 0 Å². The third kappa shape index (κ3) is 3.92. The predicted molar refractivity (Wildman–Crippen MR) is 97.1 cm³/mol. The van der Waals surface area contributed by atoms with Gasteiger partial charge in [0.2, 0.25) is 10.0 Å². The van der Waals surface area contributed by atoms with Crippen LogP contribution in [0.15, 0.2) is 53.4 Å². The Kier molecular flexibility index (Phi) is 5.36. The number of hydrogen-bond donors (Lipinski definition) is 1. The molecule has 1 saturated heterocycles. The van der Waals surface area contributed by atoms with Crippen LogP contribution in [0.1, 0.15) is 10.4 Å². The lowest BCUT2D eigenvalue weighted by atomic mass is 10.2. The fraction of sp³-hybridized carbons (Fsp3) is 0.278. The number of likely N-dealkylation sites (N-methyl/N-ethyl adjacent to an activating group) is 1. The van der Waals surface area contributed by atoms with Crippen LogP contribution in [0.4, 0.5) is 10.1 Å². The van der Waals surface area contributed by atoms with Crippen LogP contribution in [0.2, 0.25) is 0 Å². The highest BCUT2D eigenvalue weighted by molar-refractivity contribution is 7.89. The first-order valence-electron chi connectivity index (χ1n) is 8.22. The minimum Gasteiger partial charge on any atom is -0.319 e. The molecule has 0 radical (unpaired) electrons. The molecule has 2 aromatic carbocycles. The Morgan fingerprint density at radius 2 is 1.62 bits per heavy atom. The second-order valence-corrected chi connectivity index (χ2v) is 8.10. The first-order chi connectivity index (χ1) is 12.4. The average molecular weight is 377 g/mol. The average Bonchev–Trinajstić information content (AvgIpc) is 2.64. The number of hydrogen-bond acceptors (Lipinski definition) is 4. The summed E-state index contributed by atoms with van der Waals surface area (Å²) < 4.78 is 40.4. The number of halogens is 1. The number of rotatable bonds is 4. The summed E-state index contributed by atoms with van der Waals surface area (Å²) >= 11 is 0. The molecule has 0 bridgehead atoms. The largest absolute Gasteiger partial charge is 0.319 e. The number of para-hydroxylation sites is 1. The summed E-state index contributed by atoms with van der Waals surface area (Å²) in [6, 6.07) is 11.5. The molecule has 0 unspecified atom stereocenters. The fourth-order valence-electron chi connectivity index (χ4n) is 2.71. The zero-order valence-corrected chi connectivity index (χ0v) is 15.2. The number of nitrogens with one attached hydrogen (secondary N) is 1. The van der Waals surface area contributed by atoms with E-state index in [9.17, 15) is 17.6 Å². The molecule has 0 spiro atoms. The molecule has 1 aliphatic heterocycles. The molecule has 26 heavy (non-hydrogen) atoms. The number of carbonyl (C=O) groups excluding carboxylic acids is 1. The smallest absolute Gasteiger partial charge is 0.255 e. The van der Waals surface area contributed by atoms with E-state index >= 15 is 0 Å². The van der Waals surface area contributed by atoms with E-state index in [1.165, 1.54) is 46.8 Å². The van der Waals surface area contributed by atoms with Gasteiger partial charge >= 0.3 is 0 Å². The molecule has 138 valence electrons. The van der Waals surface area contributed by atoms with Gasteiger partial charge in [-0.2, -0.15) is 4.31 Å². The highest BCUT2D eigenvalue weighted by Crippen LogP contribution is 2.19. The van der Waals surface area contributed by atoms with Crippen LogP contribution in [0.25, 0.3) is 0 Å². The minimum absolute atomic E-state index is 0.0756. The van der Waals surface area contributed by atoms with Gasteiger partial charge in [0.05, 0.1) is 10.6 Å². The van der Waals surface area contributed by atoms with Gasteiger partial charge < -0.3 is 10.2 Å². The molecule has 6 nitrogen and oxygen atoms in total. The monoisotopic (exact) mass is 377 g/mol. The Bertz CT molecular complexity index is 892. The van der Waals surface area contributed by atoms with Crippen LogP contribution in [0, 0.1) is 5.82 Å². The van der Waals surface area contributed by atoms with Crippen molar-refractivity contribution in [2.75, 3.05) is 38.5 Å². The Morgan fingerprint density at radius 3 is 2.23 bits per heavy atom. The SMILES string of the molecule is CN1CCN(S(=O)(=O)c2ccc(C(=O)Nc3ccccc3F)cc2)CC1. The molecule has 0 atom stereocenters. The summed E-state index contributed by atoms with van der Waals surface area (Å²) in [6.07, 6.45) is 0. The van der Waals surface area contributed by atoms with Crippen molar-refractivity contribution in [3.8, 4) is 0 Å². The second kappa shape index (κ2) is 7.53. The van der Waals surface area contributed by atoms with Crippen molar-refractivity contribution in [3.05, 3.63) is 59.9 Å². The molecule has 1 N–H and O–H groups in total. The maximum absolute atomic E-state index is 13.6. The van der Waals surface area contributed by atoms with Crippen molar-refractivity contribution in [2.45, 2.75) is 4.90 Å². The Labute approximate surface area is 152 Å². The summed E-state index contributed by atoms with van der Waals surface area (Å²) in [5.74, 6) is -1.03. The van der Waals surface area contributed by atoms with Crippen LogP contribution in [-0.4, -0.2) is 56.8 Å². The van der Waals surface area contributed by atoms with Gasteiger partial charge in [-0.05, 0) is 43.4 Å². The topological polar surface area (TPSA) is 69.7 Å². The number of piperazine rings is 1. The molecule has 0 saturated carbocycles. The molecule has 1 fully saturated rings. The van der Waals surface area contributed by atoms with Crippen LogP contribution < -0.4 is 5.32 Å². The Balaban J connectivity index is 1.74. The lowest BCUT2D eigenvalue weighted by Gasteiger charge is -2.31. The molecule has 2 aromatic rings. The molecular formula is C18H20FN3O3S. The number of nitrogens with zero attached hydrogens (tertiary/aromatic N) is 2. The number of benzene rings is 2. The zero-order valence-electron chi connectivity index (χ0n) is 14.4. The summed E-state index contributed by atoms with van der Waals surface area (Å²) in [5, 5.41) is 2.47. The van der Waals surface area contributed by atoms with E-state index in [2.05, 4.69) is 10.2 Å². The Morgan fingerprint density at radius 1 is 1.00 bits per heavy atom. The molecule has 0 aromatic heterocycles. The summed E-state index contributed by atoms with van der Waals surface area (Å²) in [4.78, 5) is 14.4. The van der Waals surface area contributed by atoms with E-state index < -0.39 is 21.7 Å². The lowest BCUT2D eigenvalue weighted by molar-refractivity contribution is 0.102. The van der Waals surface area contributed by atoms with Gasteiger partial charge in [-0.25, -0.2) is 12.8 Å². The molecule has 1 amide bonds. The number of amides is 1. The van der Waals surface area contributed by atoms with Crippen molar-refractivity contribution in [1.82, 2.24) is 9.21 Å². The highest BCUT2D eigenvalue weighted by atomic mass is 32.2. The fourth-order valence-corrected chi connectivity index (χ4v) is 4.14. The van der Waals surface area contributed by atoms with Crippen LogP contribution in [0.3, 0.4) is 0 Å². The van der Waals surface area contributed by atoms with E-state index in [-0.39, 0.29) is 16.1 Å². The normalized spacial score (nSPS) is 16.4. The van der Waals surface area contributed by atoms with Crippen LogP contribution in [-0.2, 0) is 10.0 Å². The highest BCUT2D eigenvalue weighted by Gasteiger charge is 2.27. The summed E-state index contributed by atoms with van der Waals surface area (Å²) in [7, 11) is -1.63. The molecule has 0 aliphatic carbocycles. The van der Waals surface area contributed by atoms with E-state index in [4.69, 9.17) is 0 Å². The molecule has 8 heteroatoms. The lowest BCUT2D eigenvalue weighted by Crippen LogP contribution is -2.47. The molecular weight excluding hydrogens is 357 g/mol. The second-order valence-electron chi connectivity index (χ2n) is 6.17. The van der Waals surface area contributed by atoms with Gasteiger partial charge in [-0.1, -0.05) is 12.1 Å². The minimum atomic E-state index is -3.58. The first kappa shape index (κ1) is 18.5. The van der Waals surface area contributed by atoms with Crippen molar-refractivity contribution in [2.24, 2.45) is 0 Å². The van der Waals surface area contributed by atoms with Crippen LogP contribution in [0.5, 0.6) is 0 Å². The maximum atomic E-state index is 13.6. The standard InChI is InChI=1S/C18H20FN3O3S/c1-21-10-12-22(13-11-21)26(24,25)15-8-6-14(7-9-15)18(23)20-17-5-3-2-4-16(17)19/h2-9H,10-13H2,1H3,(H,20,23). The van der Waals surface area contributed by atoms with Gasteiger partial charge in [0, 0.05) is 31.7 Å². The third-order valence-corrected chi connectivity index (χ3v) is 6.25. The molecule has 1 heterocycles. The van der Waals surface area contributed by atoms with Crippen molar-refractivity contribution in [3.63, 3.8) is 0 Å². The zero-order chi connectivity index (χ0) is 18.7. The first-order valence-corrected chi connectivity index (χ1v) is 9.66. The molecule has 3 rings (SSSR count).